The Morgan fingerprint density at radius 1 is 1.11 bits per heavy atom. The summed E-state index contributed by atoms with van der Waals surface area (Å²) in [6, 6.07) is 8.58. The van der Waals surface area contributed by atoms with E-state index >= 15 is 4.39 Å². The number of aromatic amines is 1. The van der Waals surface area contributed by atoms with E-state index < -0.39 is 23.1 Å². The second-order valence-corrected chi connectivity index (χ2v) is 10.2. The molecule has 4 N–H and O–H groups in total. The Labute approximate surface area is 247 Å². The molecule has 1 aliphatic carbocycles. The lowest BCUT2D eigenvalue weighted by Crippen LogP contribution is -2.34. The number of ether oxygens (including phenoxy) is 1. The van der Waals surface area contributed by atoms with Crippen LogP contribution in [0.1, 0.15) is 46.2 Å². The SMILES string of the molecule is C[C@H](CO)Nc1n[nH]c2nccc(Oc3ccc(NC(=O)c4cc5c(n(-c6ccc(F)cn6)c4=O)CCCC5=O)cc3F)c12. The van der Waals surface area contributed by atoms with Gasteiger partial charge in [0.25, 0.3) is 11.5 Å². The van der Waals surface area contributed by atoms with Crippen molar-refractivity contribution in [3.8, 4) is 17.3 Å². The second kappa shape index (κ2) is 11.6. The number of hydrogen-bond donors (Lipinski definition) is 4. The van der Waals surface area contributed by atoms with Gasteiger partial charge in [0, 0.05) is 47.7 Å². The van der Waals surface area contributed by atoms with E-state index in [1.54, 1.807) is 6.92 Å². The first-order valence-corrected chi connectivity index (χ1v) is 13.7. The fraction of sp³-hybridized carbons (Fsp3) is 0.200. The van der Waals surface area contributed by atoms with Gasteiger partial charge in [-0.1, -0.05) is 0 Å². The molecule has 5 aromatic rings. The minimum Gasteiger partial charge on any atom is -0.453 e. The van der Waals surface area contributed by atoms with Gasteiger partial charge in [0.15, 0.2) is 28.8 Å². The van der Waals surface area contributed by atoms with E-state index in [2.05, 4.69) is 30.8 Å². The molecule has 4 aromatic heterocycles. The molecule has 0 saturated heterocycles. The number of Topliss-reactive ketones (excluding diaryl/α,β-unsaturated/α-hetero) is 1. The topological polar surface area (TPSA) is 164 Å². The molecule has 1 atom stereocenters. The highest BCUT2D eigenvalue weighted by atomic mass is 19.1. The van der Waals surface area contributed by atoms with Crippen molar-refractivity contribution in [2.24, 2.45) is 0 Å². The Morgan fingerprint density at radius 3 is 2.70 bits per heavy atom. The normalized spacial score (nSPS) is 13.4. The van der Waals surface area contributed by atoms with Gasteiger partial charge in [0.1, 0.15) is 28.3 Å². The first kappa shape index (κ1) is 28.6. The zero-order chi connectivity index (χ0) is 31.0. The van der Waals surface area contributed by atoms with E-state index in [1.165, 1.54) is 36.5 Å². The van der Waals surface area contributed by atoms with Gasteiger partial charge >= 0.3 is 0 Å². The fourth-order valence-corrected chi connectivity index (χ4v) is 4.97. The lowest BCUT2D eigenvalue weighted by molar-refractivity contribution is 0.0971. The number of nitrogens with zero attached hydrogens (tertiary/aromatic N) is 4. The van der Waals surface area contributed by atoms with E-state index in [0.29, 0.717) is 35.4 Å². The minimum absolute atomic E-state index is 0.0251. The number of carbonyl (C=O) groups is 2. The molecule has 0 aliphatic heterocycles. The third-order valence-electron chi connectivity index (χ3n) is 7.10. The van der Waals surface area contributed by atoms with Crippen molar-refractivity contribution in [2.75, 3.05) is 17.2 Å². The number of hydrogen-bond acceptors (Lipinski definition) is 9. The highest BCUT2D eigenvalue weighted by Gasteiger charge is 2.27. The molecule has 1 aromatic carbocycles. The predicted molar refractivity (Wildman–Crippen MR) is 156 cm³/mol. The predicted octanol–water partition coefficient (Wildman–Crippen LogP) is 4.14. The summed E-state index contributed by atoms with van der Waals surface area (Å²) in [5.74, 6) is -2.04. The zero-order valence-corrected chi connectivity index (χ0v) is 23.2. The highest BCUT2D eigenvalue weighted by Crippen LogP contribution is 2.34. The molecule has 0 unspecified atom stereocenters. The number of amides is 1. The summed E-state index contributed by atoms with van der Waals surface area (Å²) in [5, 5.41) is 22.3. The number of carbonyl (C=O) groups excluding carboxylic acids is 2. The molecule has 224 valence electrons. The van der Waals surface area contributed by atoms with Crippen LogP contribution in [-0.4, -0.2) is 54.2 Å². The maximum absolute atomic E-state index is 15.2. The molecule has 0 radical (unpaired) electrons. The summed E-state index contributed by atoms with van der Waals surface area (Å²) in [4.78, 5) is 47.7. The van der Waals surface area contributed by atoms with Crippen LogP contribution in [0.15, 0.2) is 59.7 Å². The average Bonchev–Trinajstić information content (AvgIpc) is 3.42. The Kier molecular flexibility index (Phi) is 7.57. The lowest BCUT2D eigenvalue weighted by atomic mass is 9.93. The van der Waals surface area contributed by atoms with E-state index in [-0.39, 0.29) is 59.0 Å². The number of fused-ring (bicyclic) bond motifs is 2. The third kappa shape index (κ3) is 5.38. The number of aromatic nitrogens is 5. The molecule has 14 heteroatoms. The van der Waals surface area contributed by atoms with Crippen LogP contribution in [0.2, 0.25) is 0 Å². The van der Waals surface area contributed by atoms with Gasteiger partial charge < -0.3 is 20.5 Å². The molecule has 0 bridgehead atoms. The Bertz CT molecular complexity index is 1970. The van der Waals surface area contributed by atoms with Crippen LogP contribution in [0, 0.1) is 11.6 Å². The van der Waals surface area contributed by atoms with Crippen LogP contribution in [0.5, 0.6) is 11.5 Å². The maximum atomic E-state index is 15.2. The largest absolute Gasteiger partial charge is 0.453 e. The Morgan fingerprint density at radius 2 is 1.95 bits per heavy atom. The van der Waals surface area contributed by atoms with E-state index in [1.807, 2.05) is 0 Å². The van der Waals surface area contributed by atoms with Crippen molar-refractivity contribution < 1.29 is 28.2 Å². The third-order valence-corrected chi connectivity index (χ3v) is 7.10. The number of pyridine rings is 3. The summed E-state index contributed by atoms with van der Waals surface area (Å²) >= 11 is 0. The number of benzene rings is 1. The van der Waals surface area contributed by atoms with Crippen LogP contribution < -0.4 is 20.9 Å². The molecule has 0 spiro atoms. The smallest absolute Gasteiger partial charge is 0.269 e. The van der Waals surface area contributed by atoms with Crippen molar-refractivity contribution in [1.82, 2.24) is 24.7 Å². The van der Waals surface area contributed by atoms with Crippen LogP contribution in [0.3, 0.4) is 0 Å². The molecule has 44 heavy (non-hydrogen) atoms. The standard InChI is InChI=1S/C30H25F2N7O5/c1-15(14-40)35-28-26-24(9-10-33-27(26)37-38-28)44-23-7-6-17(11-20(23)32)36-29(42)19-12-18-21(3-2-4-22(18)41)39(30(19)43)25-8-5-16(31)13-34-25/h5-13,15,40H,2-4,14H2,1H3,(H,36,42)(H2,33,35,37,38)/t15-/m1/s1. The van der Waals surface area contributed by atoms with Gasteiger partial charge in [-0.2, -0.15) is 5.10 Å². The van der Waals surface area contributed by atoms with Crippen molar-refractivity contribution in [3.05, 3.63) is 93.7 Å². The molecule has 1 aliphatic rings. The quantitative estimate of drug-likeness (QED) is 0.205. The second-order valence-electron chi connectivity index (χ2n) is 10.2. The highest BCUT2D eigenvalue weighted by molar-refractivity contribution is 6.07. The molecule has 4 heterocycles. The van der Waals surface area contributed by atoms with Crippen LogP contribution in [0.4, 0.5) is 20.3 Å². The van der Waals surface area contributed by atoms with Crippen LogP contribution >= 0.6 is 0 Å². The molecule has 12 nitrogen and oxygen atoms in total. The summed E-state index contributed by atoms with van der Waals surface area (Å²) in [5.41, 5.74) is -0.116. The van der Waals surface area contributed by atoms with Crippen molar-refractivity contribution in [1.29, 1.82) is 0 Å². The van der Waals surface area contributed by atoms with Gasteiger partial charge in [0.05, 0.1) is 12.8 Å². The molecule has 0 saturated carbocycles. The number of H-pyrrole nitrogens is 1. The first-order valence-electron chi connectivity index (χ1n) is 13.7. The number of aliphatic hydroxyl groups excluding tert-OH is 1. The van der Waals surface area contributed by atoms with Gasteiger partial charge in [-0.25, -0.2) is 18.7 Å². The van der Waals surface area contributed by atoms with E-state index in [4.69, 9.17) is 4.74 Å². The molecule has 0 fully saturated rings. The summed E-state index contributed by atoms with van der Waals surface area (Å²) < 4.78 is 35.8. The Hall–Kier alpha value is -5.50. The minimum atomic E-state index is -0.872. The first-order chi connectivity index (χ1) is 21.2. The van der Waals surface area contributed by atoms with Crippen LogP contribution in [-0.2, 0) is 6.42 Å². The molecular formula is C30H25F2N7O5. The van der Waals surface area contributed by atoms with E-state index in [0.717, 1.165) is 22.9 Å². The number of aliphatic hydroxyl groups is 1. The number of halogens is 2. The number of nitrogens with one attached hydrogen (secondary N) is 3. The van der Waals surface area contributed by atoms with Crippen molar-refractivity contribution in [2.45, 2.75) is 32.2 Å². The number of ketones is 1. The molecule has 1 amide bonds. The van der Waals surface area contributed by atoms with Crippen molar-refractivity contribution >= 4 is 34.2 Å². The zero-order valence-electron chi connectivity index (χ0n) is 23.2. The molecular weight excluding hydrogens is 576 g/mol. The summed E-state index contributed by atoms with van der Waals surface area (Å²) in [6.07, 6.45) is 3.55. The van der Waals surface area contributed by atoms with Gasteiger partial charge in [0.2, 0.25) is 0 Å². The molecule has 6 rings (SSSR count). The average molecular weight is 602 g/mol. The maximum Gasteiger partial charge on any atom is 0.269 e. The van der Waals surface area contributed by atoms with Crippen LogP contribution in [0.25, 0.3) is 16.9 Å². The fourth-order valence-electron chi connectivity index (χ4n) is 4.97. The van der Waals surface area contributed by atoms with Gasteiger partial charge in [-0.05, 0) is 50.1 Å². The monoisotopic (exact) mass is 601 g/mol. The Balaban J connectivity index is 1.29. The summed E-state index contributed by atoms with van der Waals surface area (Å²) in [7, 11) is 0. The van der Waals surface area contributed by atoms with Gasteiger partial charge in [-0.3, -0.25) is 24.0 Å². The van der Waals surface area contributed by atoms with Gasteiger partial charge in [-0.15, -0.1) is 0 Å². The lowest BCUT2D eigenvalue weighted by Gasteiger charge is -2.21. The van der Waals surface area contributed by atoms with Crippen molar-refractivity contribution in [3.63, 3.8) is 0 Å². The van der Waals surface area contributed by atoms with E-state index in [9.17, 15) is 23.9 Å². The number of rotatable bonds is 8. The number of anilines is 2. The summed E-state index contributed by atoms with van der Waals surface area (Å²) in [6.45, 7) is 1.60.